The molecule has 2 nitrogen and oxygen atoms in total. The van der Waals surface area contributed by atoms with Gasteiger partial charge in [-0.1, -0.05) is 22.1 Å². The van der Waals surface area contributed by atoms with Gasteiger partial charge in [-0.15, -0.1) is 5.10 Å². The van der Waals surface area contributed by atoms with E-state index in [2.05, 4.69) is 9.59 Å². The maximum atomic E-state index is 12.4. The van der Waals surface area contributed by atoms with E-state index in [0.29, 0.717) is 5.52 Å². The van der Waals surface area contributed by atoms with Crippen molar-refractivity contribution in [1.29, 1.82) is 0 Å². The molecule has 0 spiro atoms. The van der Waals surface area contributed by atoms with Gasteiger partial charge in [0.1, 0.15) is 5.52 Å². The van der Waals surface area contributed by atoms with Gasteiger partial charge >= 0.3 is 58.4 Å². The number of hydrogen-bond donors (Lipinski definition) is 0. The van der Waals surface area contributed by atoms with Crippen molar-refractivity contribution in [2.24, 2.45) is 0 Å². The molecule has 0 radical (unpaired) electrons. The summed E-state index contributed by atoms with van der Waals surface area (Å²) in [5, 5.41) is 3.57. The Morgan fingerprint density at radius 2 is 1.93 bits per heavy atom. The van der Waals surface area contributed by atoms with Gasteiger partial charge in [0.25, 0.3) is 0 Å². The molecule has 1 heterocycles. The third kappa shape index (κ3) is 2.37. The number of nitrogens with zero attached hydrogens (tertiary/aromatic N) is 2. The standard InChI is InChI=1S/C6H3BF3N2S.K/c8-7(9,10)4-2-1-3-5-6(4)13-12-11-5;/h1-3H;/q-1;+1. The third-order valence-corrected chi connectivity index (χ3v) is 2.45. The molecule has 0 N–H and O–H groups in total. The molecule has 0 atom stereocenters. The zero-order valence-electron chi connectivity index (χ0n) is 7.25. The molecule has 0 saturated heterocycles. The van der Waals surface area contributed by atoms with E-state index in [1.165, 1.54) is 12.1 Å². The Morgan fingerprint density at radius 3 is 2.57 bits per heavy atom. The molecule has 1 aromatic heterocycles. The van der Waals surface area contributed by atoms with Crippen LogP contribution in [-0.4, -0.2) is 16.6 Å². The second-order valence-electron chi connectivity index (χ2n) is 2.54. The first kappa shape index (κ1) is 12.6. The van der Waals surface area contributed by atoms with E-state index < -0.39 is 12.4 Å². The van der Waals surface area contributed by atoms with Crippen molar-refractivity contribution >= 4 is 34.2 Å². The fourth-order valence-electron chi connectivity index (χ4n) is 1.08. The molecule has 0 aliphatic heterocycles. The summed E-state index contributed by atoms with van der Waals surface area (Å²) in [4.78, 5) is 0. The molecule has 0 amide bonds. The Morgan fingerprint density at radius 1 is 1.21 bits per heavy atom. The molecule has 0 aliphatic carbocycles. The van der Waals surface area contributed by atoms with Crippen LogP contribution in [0.5, 0.6) is 0 Å². The Bertz CT molecular complexity index is 444. The summed E-state index contributed by atoms with van der Waals surface area (Å²) in [7, 11) is 0. The number of hydrogen-bond acceptors (Lipinski definition) is 3. The van der Waals surface area contributed by atoms with Crippen molar-refractivity contribution < 1.29 is 64.3 Å². The summed E-state index contributed by atoms with van der Waals surface area (Å²) in [6.07, 6.45) is 0. The summed E-state index contributed by atoms with van der Waals surface area (Å²) < 4.78 is 40.8. The SMILES string of the molecule is F[B-](F)(F)c1cccc2nnsc12.[K+]. The average Bonchev–Trinajstić information content (AvgIpc) is 2.48. The van der Waals surface area contributed by atoms with Crippen LogP contribution in [0.3, 0.4) is 0 Å². The topological polar surface area (TPSA) is 25.8 Å². The van der Waals surface area contributed by atoms with Crippen molar-refractivity contribution in [3.05, 3.63) is 18.2 Å². The molecule has 0 unspecified atom stereocenters. The second-order valence-corrected chi connectivity index (χ2v) is 3.30. The fourth-order valence-corrected chi connectivity index (χ4v) is 1.80. The first-order valence-corrected chi connectivity index (χ1v) is 4.27. The summed E-state index contributed by atoms with van der Waals surface area (Å²) in [6, 6.07) is 3.92. The first-order valence-electron chi connectivity index (χ1n) is 3.50. The Kier molecular flexibility index (Phi) is 4.13. The fraction of sp³-hybridized carbons (Fsp3) is 0. The van der Waals surface area contributed by atoms with Crippen LogP contribution in [0, 0.1) is 0 Å². The van der Waals surface area contributed by atoms with Crippen LogP contribution >= 0.6 is 11.5 Å². The van der Waals surface area contributed by atoms with Gasteiger partial charge in [0.2, 0.25) is 0 Å². The van der Waals surface area contributed by atoms with Crippen molar-refractivity contribution in [3.63, 3.8) is 0 Å². The number of halogens is 3. The van der Waals surface area contributed by atoms with Gasteiger partial charge in [0.05, 0.1) is 0 Å². The van der Waals surface area contributed by atoms with E-state index in [9.17, 15) is 12.9 Å². The molecule has 68 valence electrons. The normalized spacial score (nSPS) is 11.4. The van der Waals surface area contributed by atoms with E-state index in [-0.39, 0.29) is 56.1 Å². The maximum Gasteiger partial charge on any atom is 1.00 e. The molecule has 14 heavy (non-hydrogen) atoms. The molecule has 0 saturated carbocycles. The van der Waals surface area contributed by atoms with Crippen molar-refractivity contribution in [2.75, 3.05) is 0 Å². The largest absolute Gasteiger partial charge is 1.00 e. The molecule has 1 aromatic carbocycles. The van der Waals surface area contributed by atoms with Crippen molar-refractivity contribution in [1.82, 2.24) is 9.59 Å². The molecule has 0 bridgehead atoms. The van der Waals surface area contributed by atoms with Crippen LogP contribution in [0.2, 0.25) is 0 Å². The van der Waals surface area contributed by atoms with Crippen LogP contribution in [0.25, 0.3) is 10.2 Å². The Balaban J connectivity index is 0.000000980. The summed E-state index contributed by atoms with van der Waals surface area (Å²) in [5.41, 5.74) is -0.297. The molecule has 2 rings (SSSR count). The maximum absolute atomic E-state index is 12.4. The summed E-state index contributed by atoms with van der Waals surface area (Å²) in [6.45, 7) is -4.96. The predicted octanol–water partition coefficient (Wildman–Crippen LogP) is -1.25. The van der Waals surface area contributed by atoms with Gasteiger partial charge in [-0.2, -0.15) is 0 Å². The zero-order chi connectivity index (χ0) is 9.47. The third-order valence-electron chi connectivity index (χ3n) is 1.66. The van der Waals surface area contributed by atoms with E-state index in [1.54, 1.807) is 0 Å². The predicted molar refractivity (Wildman–Crippen MR) is 46.1 cm³/mol. The minimum atomic E-state index is -4.96. The Labute approximate surface area is 125 Å². The number of aromatic nitrogens is 2. The number of fused-ring (bicyclic) bond motifs is 1. The molecule has 0 fully saturated rings. The zero-order valence-corrected chi connectivity index (χ0v) is 11.2. The average molecular weight is 242 g/mol. The first-order chi connectivity index (χ1) is 6.09. The summed E-state index contributed by atoms with van der Waals surface area (Å²) in [5.74, 6) is 0. The van der Waals surface area contributed by atoms with E-state index in [4.69, 9.17) is 0 Å². The van der Waals surface area contributed by atoms with Gasteiger partial charge in [0, 0.05) is 4.70 Å². The van der Waals surface area contributed by atoms with Gasteiger partial charge in [-0.3, -0.25) is 0 Å². The van der Waals surface area contributed by atoms with Crippen LogP contribution in [0.1, 0.15) is 0 Å². The van der Waals surface area contributed by atoms with Crippen LogP contribution in [-0.2, 0) is 0 Å². The molecule has 0 aliphatic rings. The van der Waals surface area contributed by atoms with E-state index in [1.807, 2.05) is 0 Å². The monoisotopic (exact) mass is 242 g/mol. The quantitative estimate of drug-likeness (QED) is 0.584. The van der Waals surface area contributed by atoms with Crippen LogP contribution < -0.4 is 56.8 Å². The molecular weight excluding hydrogens is 239 g/mol. The van der Waals surface area contributed by atoms with Gasteiger partial charge < -0.3 is 12.9 Å². The molecule has 2 aromatic rings. The number of benzene rings is 1. The minimum Gasteiger partial charge on any atom is -0.445 e. The smallest absolute Gasteiger partial charge is 0.445 e. The van der Waals surface area contributed by atoms with Gasteiger partial charge in [-0.05, 0) is 17.6 Å². The van der Waals surface area contributed by atoms with Crippen molar-refractivity contribution in [3.8, 4) is 0 Å². The second kappa shape index (κ2) is 4.58. The van der Waals surface area contributed by atoms with Gasteiger partial charge in [0.15, 0.2) is 0 Å². The van der Waals surface area contributed by atoms with E-state index in [0.717, 1.165) is 17.6 Å². The van der Waals surface area contributed by atoms with Gasteiger partial charge in [-0.25, -0.2) is 0 Å². The summed E-state index contributed by atoms with van der Waals surface area (Å²) >= 11 is 0.775. The molecule has 8 heteroatoms. The van der Waals surface area contributed by atoms with Crippen LogP contribution in [0.15, 0.2) is 18.2 Å². The van der Waals surface area contributed by atoms with Crippen molar-refractivity contribution in [2.45, 2.75) is 0 Å². The number of rotatable bonds is 1. The minimum absolute atomic E-state index is 0. The molecular formula is C6H3BF3KN2S. The van der Waals surface area contributed by atoms with Crippen LogP contribution in [0.4, 0.5) is 12.9 Å². The van der Waals surface area contributed by atoms with E-state index >= 15 is 0 Å². The Hall–Kier alpha value is 0.531.